The molecule has 25 heavy (non-hydrogen) atoms. The van der Waals surface area contributed by atoms with Gasteiger partial charge in [-0.15, -0.1) is 35.7 Å². The molecule has 1 heterocycles. The van der Waals surface area contributed by atoms with Crippen molar-refractivity contribution in [2.75, 3.05) is 46.4 Å². The Balaban J connectivity index is 0.00000312. The lowest BCUT2D eigenvalue weighted by atomic mass is 9.99. The van der Waals surface area contributed by atoms with Crippen molar-refractivity contribution in [1.82, 2.24) is 10.2 Å². The number of ether oxygens (including phenoxy) is 1. The van der Waals surface area contributed by atoms with Crippen LogP contribution in [0.1, 0.15) is 18.4 Å². The minimum atomic E-state index is 0. The van der Waals surface area contributed by atoms with Crippen LogP contribution in [0.25, 0.3) is 0 Å². The summed E-state index contributed by atoms with van der Waals surface area (Å²) in [5, 5.41) is 3.57. The number of guanidine groups is 1. The monoisotopic (exact) mass is 495 g/mol. The lowest BCUT2D eigenvalue weighted by Crippen LogP contribution is -2.48. The maximum atomic E-state index is 5.52. The van der Waals surface area contributed by atoms with Gasteiger partial charge in [0.2, 0.25) is 0 Å². The van der Waals surface area contributed by atoms with Crippen molar-refractivity contribution in [2.45, 2.75) is 29.0 Å². The number of aliphatic imine (C=N–C) groups is 1. The molecule has 7 heteroatoms. The zero-order valence-electron chi connectivity index (χ0n) is 15.6. The molecule has 1 N–H and O–H groups in total. The Labute approximate surface area is 178 Å². The number of nitrogens with zero attached hydrogens (tertiary/aromatic N) is 2. The van der Waals surface area contributed by atoms with Gasteiger partial charge in [0.1, 0.15) is 0 Å². The molecule has 1 fully saturated rings. The SMILES string of the molecule is CN=C(NCC1(SC)CCOCC1)N(C)Cc1ccc(SC)cc1.I. The predicted octanol–water partition coefficient (Wildman–Crippen LogP) is 3.95. The molecule has 1 aromatic carbocycles. The van der Waals surface area contributed by atoms with Crippen LogP contribution in [-0.2, 0) is 11.3 Å². The van der Waals surface area contributed by atoms with E-state index in [1.54, 1.807) is 11.8 Å². The van der Waals surface area contributed by atoms with Crippen LogP contribution in [0, 0.1) is 0 Å². The lowest BCUT2D eigenvalue weighted by Gasteiger charge is -2.37. The van der Waals surface area contributed by atoms with Gasteiger partial charge in [0, 0.05) is 50.0 Å². The minimum absolute atomic E-state index is 0. The van der Waals surface area contributed by atoms with Gasteiger partial charge in [0.05, 0.1) is 0 Å². The highest BCUT2D eigenvalue weighted by Crippen LogP contribution is 2.33. The molecular weight excluding hydrogens is 465 g/mol. The topological polar surface area (TPSA) is 36.9 Å². The van der Waals surface area contributed by atoms with Crippen LogP contribution >= 0.6 is 47.5 Å². The summed E-state index contributed by atoms with van der Waals surface area (Å²) >= 11 is 3.72. The van der Waals surface area contributed by atoms with Gasteiger partial charge >= 0.3 is 0 Å². The van der Waals surface area contributed by atoms with Crippen LogP contribution in [0.15, 0.2) is 34.2 Å². The summed E-state index contributed by atoms with van der Waals surface area (Å²) in [6.07, 6.45) is 6.49. The zero-order valence-corrected chi connectivity index (χ0v) is 19.5. The molecule has 0 spiro atoms. The molecule has 0 amide bonds. The second-order valence-electron chi connectivity index (χ2n) is 6.10. The zero-order chi connectivity index (χ0) is 17.4. The molecule has 2 rings (SSSR count). The van der Waals surface area contributed by atoms with Crippen LogP contribution < -0.4 is 5.32 Å². The number of rotatable bonds is 6. The Morgan fingerprint density at radius 2 is 1.88 bits per heavy atom. The van der Waals surface area contributed by atoms with E-state index in [9.17, 15) is 0 Å². The standard InChI is InChI=1S/C18H29N3OS2.HI/c1-19-17(20-14-18(24-4)9-11-22-12-10-18)21(2)13-15-5-7-16(23-3)8-6-15;/h5-8H,9-14H2,1-4H3,(H,19,20);1H. The molecule has 1 saturated heterocycles. The fourth-order valence-corrected chi connectivity index (χ4v) is 4.10. The summed E-state index contributed by atoms with van der Waals surface area (Å²) in [7, 11) is 3.94. The van der Waals surface area contributed by atoms with Crippen molar-refractivity contribution >= 4 is 53.5 Å². The minimum Gasteiger partial charge on any atom is -0.381 e. The Bertz CT molecular complexity index is 534. The average Bonchev–Trinajstić information content (AvgIpc) is 2.63. The molecule has 0 saturated carbocycles. The van der Waals surface area contributed by atoms with Gasteiger partial charge in [-0.3, -0.25) is 4.99 Å². The Morgan fingerprint density at radius 1 is 1.24 bits per heavy atom. The third-order valence-corrected chi connectivity index (χ3v) is 6.72. The molecular formula is C18H30IN3OS2. The van der Waals surface area contributed by atoms with Crippen molar-refractivity contribution in [2.24, 2.45) is 4.99 Å². The van der Waals surface area contributed by atoms with E-state index in [0.29, 0.717) is 0 Å². The first-order valence-corrected chi connectivity index (χ1v) is 10.7. The molecule has 4 nitrogen and oxygen atoms in total. The van der Waals surface area contributed by atoms with E-state index in [2.05, 4.69) is 59.0 Å². The van der Waals surface area contributed by atoms with E-state index in [0.717, 1.165) is 45.1 Å². The molecule has 0 atom stereocenters. The summed E-state index contributed by atoms with van der Waals surface area (Å²) in [5.74, 6) is 0.948. The molecule has 1 aliphatic heterocycles. The van der Waals surface area contributed by atoms with E-state index >= 15 is 0 Å². The summed E-state index contributed by atoms with van der Waals surface area (Å²) < 4.78 is 5.78. The molecule has 0 bridgehead atoms. The van der Waals surface area contributed by atoms with E-state index in [1.165, 1.54) is 10.5 Å². The second-order valence-corrected chi connectivity index (χ2v) is 8.26. The molecule has 1 aliphatic rings. The van der Waals surface area contributed by atoms with Crippen molar-refractivity contribution in [3.05, 3.63) is 29.8 Å². The molecule has 0 aromatic heterocycles. The van der Waals surface area contributed by atoms with Gasteiger partial charge in [-0.2, -0.15) is 11.8 Å². The highest BCUT2D eigenvalue weighted by molar-refractivity contribution is 14.0. The van der Waals surface area contributed by atoms with Gasteiger partial charge in [-0.1, -0.05) is 12.1 Å². The fourth-order valence-electron chi connectivity index (χ4n) is 2.90. The van der Waals surface area contributed by atoms with Crippen molar-refractivity contribution < 1.29 is 4.74 Å². The van der Waals surface area contributed by atoms with Crippen LogP contribution in [-0.4, -0.2) is 62.0 Å². The number of benzene rings is 1. The van der Waals surface area contributed by atoms with Crippen molar-refractivity contribution in [3.8, 4) is 0 Å². The van der Waals surface area contributed by atoms with Gasteiger partial charge in [-0.25, -0.2) is 0 Å². The number of nitrogens with one attached hydrogen (secondary N) is 1. The Morgan fingerprint density at radius 3 is 2.40 bits per heavy atom. The summed E-state index contributed by atoms with van der Waals surface area (Å²) in [5.41, 5.74) is 1.30. The van der Waals surface area contributed by atoms with Gasteiger partial charge in [-0.05, 0) is 43.0 Å². The third-order valence-electron chi connectivity index (χ3n) is 4.56. The molecule has 0 radical (unpaired) electrons. The smallest absolute Gasteiger partial charge is 0.193 e. The average molecular weight is 495 g/mol. The Kier molecular flexibility index (Phi) is 10.6. The summed E-state index contributed by atoms with van der Waals surface area (Å²) in [4.78, 5) is 7.93. The quantitative estimate of drug-likeness (QED) is 0.280. The predicted molar refractivity (Wildman–Crippen MR) is 123 cm³/mol. The number of hydrogen-bond donors (Lipinski definition) is 1. The third kappa shape index (κ3) is 6.84. The van der Waals surface area contributed by atoms with Crippen LogP contribution in [0.3, 0.4) is 0 Å². The Hall–Kier alpha value is -0.120. The summed E-state index contributed by atoms with van der Waals surface area (Å²) in [6.45, 7) is 3.50. The van der Waals surface area contributed by atoms with Gasteiger partial charge in [0.25, 0.3) is 0 Å². The van der Waals surface area contributed by atoms with Gasteiger partial charge < -0.3 is 15.0 Å². The fraction of sp³-hybridized carbons (Fsp3) is 0.611. The van der Waals surface area contributed by atoms with Crippen LogP contribution in [0.2, 0.25) is 0 Å². The molecule has 142 valence electrons. The first-order chi connectivity index (χ1) is 11.6. The van der Waals surface area contributed by atoms with E-state index in [4.69, 9.17) is 4.74 Å². The second kappa shape index (κ2) is 11.6. The summed E-state index contributed by atoms with van der Waals surface area (Å²) in [6, 6.07) is 8.73. The van der Waals surface area contributed by atoms with Gasteiger partial charge in [0.15, 0.2) is 5.96 Å². The maximum absolute atomic E-state index is 5.52. The van der Waals surface area contributed by atoms with Crippen LogP contribution in [0.4, 0.5) is 0 Å². The first kappa shape index (κ1) is 22.9. The van der Waals surface area contributed by atoms with Crippen LogP contribution in [0.5, 0.6) is 0 Å². The lowest BCUT2D eigenvalue weighted by molar-refractivity contribution is 0.0781. The van der Waals surface area contributed by atoms with E-state index in [1.807, 2.05) is 18.8 Å². The van der Waals surface area contributed by atoms with Crippen molar-refractivity contribution in [1.29, 1.82) is 0 Å². The number of halogens is 1. The number of hydrogen-bond acceptors (Lipinski definition) is 4. The molecule has 0 unspecified atom stereocenters. The highest BCUT2D eigenvalue weighted by Gasteiger charge is 2.32. The van der Waals surface area contributed by atoms with E-state index in [-0.39, 0.29) is 28.7 Å². The first-order valence-electron chi connectivity index (χ1n) is 8.30. The van der Waals surface area contributed by atoms with E-state index < -0.39 is 0 Å². The molecule has 1 aromatic rings. The number of thioether (sulfide) groups is 2. The normalized spacial score (nSPS) is 16.9. The highest BCUT2D eigenvalue weighted by atomic mass is 127. The largest absolute Gasteiger partial charge is 0.381 e. The maximum Gasteiger partial charge on any atom is 0.193 e. The molecule has 0 aliphatic carbocycles. The van der Waals surface area contributed by atoms with Crippen molar-refractivity contribution in [3.63, 3.8) is 0 Å².